The van der Waals surface area contributed by atoms with E-state index in [-0.39, 0.29) is 0 Å². The predicted molar refractivity (Wildman–Crippen MR) is 200 cm³/mol. The van der Waals surface area contributed by atoms with E-state index in [1.165, 1.54) is 21.4 Å². The van der Waals surface area contributed by atoms with Crippen LogP contribution in [0.2, 0.25) is 0 Å². The van der Waals surface area contributed by atoms with Gasteiger partial charge >= 0.3 is 0 Å². The Morgan fingerprint density at radius 2 is 1.27 bits per heavy atom. The van der Waals surface area contributed by atoms with Gasteiger partial charge in [-0.15, -0.1) is 11.3 Å². The van der Waals surface area contributed by atoms with Crippen molar-refractivity contribution in [2.24, 2.45) is 0 Å². The summed E-state index contributed by atoms with van der Waals surface area (Å²) in [5.41, 5.74) is 14.5. The molecular formula is C43H24N4OS. The number of hydrogen-bond acceptors (Lipinski definition) is 5. The summed E-state index contributed by atoms with van der Waals surface area (Å²) in [5, 5.41) is 6.65. The van der Waals surface area contributed by atoms with Crippen LogP contribution in [0.5, 0.6) is 0 Å². The topological polar surface area (TPSA) is 56.7 Å². The van der Waals surface area contributed by atoms with E-state index < -0.39 is 0 Å². The van der Waals surface area contributed by atoms with E-state index in [4.69, 9.17) is 19.4 Å². The molecule has 11 rings (SSSR count). The highest BCUT2D eigenvalue weighted by molar-refractivity contribution is 7.14. The zero-order valence-corrected chi connectivity index (χ0v) is 26.8. The number of benzene rings is 4. The summed E-state index contributed by atoms with van der Waals surface area (Å²) >= 11 is 1.76. The van der Waals surface area contributed by atoms with E-state index in [9.17, 15) is 0 Å². The van der Waals surface area contributed by atoms with Crippen LogP contribution in [-0.4, -0.2) is 19.5 Å². The maximum Gasteiger partial charge on any atom is 0.145 e. The molecular weight excluding hydrogens is 621 g/mol. The van der Waals surface area contributed by atoms with Gasteiger partial charge in [-0.25, -0.2) is 4.98 Å². The van der Waals surface area contributed by atoms with Crippen LogP contribution in [0.25, 0.3) is 105 Å². The quantitative estimate of drug-likeness (QED) is 0.188. The van der Waals surface area contributed by atoms with Gasteiger partial charge in [-0.2, -0.15) is 0 Å². The van der Waals surface area contributed by atoms with E-state index in [0.29, 0.717) is 0 Å². The molecule has 6 aromatic heterocycles. The second kappa shape index (κ2) is 10.1. The summed E-state index contributed by atoms with van der Waals surface area (Å²) in [5.74, 6) is 0. The lowest BCUT2D eigenvalue weighted by Crippen LogP contribution is -1.99. The highest BCUT2D eigenvalue weighted by atomic mass is 32.1. The number of thiophene rings is 1. The Hall–Kier alpha value is -6.37. The monoisotopic (exact) mass is 644 g/mol. The van der Waals surface area contributed by atoms with Gasteiger partial charge in [-0.05, 0) is 77.2 Å². The van der Waals surface area contributed by atoms with Gasteiger partial charge in [-0.1, -0.05) is 60.7 Å². The summed E-state index contributed by atoms with van der Waals surface area (Å²) in [6, 6.07) is 42.8. The molecule has 10 aromatic rings. The Labute approximate surface area is 284 Å². The molecule has 0 saturated carbocycles. The molecule has 0 saturated heterocycles. The Bertz CT molecular complexity index is 2910. The molecule has 0 N–H and O–H groups in total. The number of nitrogens with zero attached hydrogens (tertiary/aromatic N) is 4. The van der Waals surface area contributed by atoms with Gasteiger partial charge in [0, 0.05) is 78.5 Å². The first-order valence-electron chi connectivity index (χ1n) is 16.2. The van der Waals surface area contributed by atoms with E-state index in [0.717, 1.165) is 83.4 Å². The van der Waals surface area contributed by atoms with Gasteiger partial charge in [0.1, 0.15) is 16.8 Å². The van der Waals surface area contributed by atoms with Crippen molar-refractivity contribution in [2.45, 2.75) is 0 Å². The Morgan fingerprint density at radius 3 is 2.16 bits per heavy atom. The summed E-state index contributed by atoms with van der Waals surface area (Å²) in [6.07, 6.45) is 5.57. The molecule has 1 aliphatic carbocycles. The van der Waals surface area contributed by atoms with E-state index in [2.05, 4.69) is 113 Å². The van der Waals surface area contributed by atoms with E-state index in [1.807, 2.05) is 36.8 Å². The highest BCUT2D eigenvalue weighted by Gasteiger charge is 2.25. The average molecular weight is 645 g/mol. The number of hydrogen-bond donors (Lipinski definition) is 0. The van der Waals surface area contributed by atoms with Crippen LogP contribution in [-0.2, 0) is 0 Å². The number of furan rings is 1. The van der Waals surface area contributed by atoms with Crippen molar-refractivity contribution in [1.29, 1.82) is 0 Å². The summed E-state index contributed by atoms with van der Waals surface area (Å²) in [4.78, 5) is 15.8. The number of aromatic nitrogens is 4. The van der Waals surface area contributed by atoms with Crippen LogP contribution in [0.1, 0.15) is 0 Å². The molecule has 5 nitrogen and oxygen atoms in total. The van der Waals surface area contributed by atoms with E-state index in [1.54, 1.807) is 11.3 Å². The molecule has 6 heteroatoms. The zero-order valence-electron chi connectivity index (χ0n) is 26.0. The van der Waals surface area contributed by atoms with Crippen molar-refractivity contribution in [2.75, 3.05) is 0 Å². The molecule has 0 spiro atoms. The number of pyridine rings is 3. The van der Waals surface area contributed by atoms with Gasteiger partial charge in [0.2, 0.25) is 0 Å². The molecule has 0 aliphatic heterocycles. The second-order valence-corrected chi connectivity index (χ2v) is 13.3. The largest absolute Gasteiger partial charge is 0.455 e. The Kier molecular flexibility index (Phi) is 5.48. The van der Waals surface area contributed by atoms with Crippen LogP contribution >= 0.6 is 11.3 Å². The minimum absolute atomic E-state index is 0.853. The van der Waals surface area contributed by atoms with Gasteiger partial charge in [0.05, 0.1) is 16.9 Å². The Balaban J connectivity index is 1.12. The van der Waals surface area contributed by atoms with Crippen LogP contribution in [0, 0.1) is 0 Å². The van der Waals surface area contributed by atoms with Crippen molar-refractivity contribution >= 4 is 55.2 Å². The molecule has 49 heavy (non-hydrogen) atoms. The zero-order chi connectivity index (χ0) is 32.1. The smallest absolute Gasteiger partial charge is 0.145 e. The first kappa shape index (κ1) is 26.7. The number of fused-ring (bicyclic) bond motifs is 14. The van der Waals surface area contributed by atoms with Crippen molar-refractivity contribution < 1.29 is 4.42 Å². The summed E-state index contributed by atoms with van der Waals surface area (Å²) in [6.45, 7) is 0. The maximum absolute atomic E-state index is 6.69. The van der Waals surface area contributed by atoms with Crippen molar-refractivity contribution in [3.05, 3.63) is 145 Å². The van der Waals surface area contributed by atoms with E-state index >= 15 is 0 Å². The lowest BCUT2D eigenvalue weighted by molar-refractivity contribution is 0.670. The summed E-state index contributed by atoms with van der Waals surface area (Å²) in [7, 11) is 0. The first-order valence-corrected chi connectivity index (χ1v) is 17.1. The van der Waals surface area contributed by atoms with Crippen molar-refractivity contribution in [3.8, 4) is 60.9 Å². The first-order chi connectivity index (χ1) is 24.3. The molecule has 0 amide bonds. The molecule has 0 radical (unpaired) electrons. The molecule has 0 unspecified atom stereocenters. The van der Waals surface area contributed by atoms with Crippen molar-refractivity contribution in [3.63, 3.8) is 0 Å². The fourth-order valence-corrected chi connectivity index (χ4v) is 8.65. The SMILES string of the molecule is c1cnc2c(c1)-c1cc(-c3cccc4c3oc3ccc(-n5c6ccccc6c6cccnc65)cc34)ccc1-c1sccc1-c1cccnc1-2. The van der Waals surface area contributed by atoms with Gasteiger partial charge in [-0.3, -0.25) is 14.5 Å². The van der Waals surface area contributed by atoms with Gasteiger partial charge in [0.25, 0.3) is 0 Å². The second-order valence-electron chi connectivity index (χ2n) is 12.4. The third-order valence-electron chi connectivity index (χ3n) is 9.83. The lowest BCUT2D eigenvalue weighted by atomic mass is 9.87. The van der Waals surface area contributed by atoms with Gasteiger partial charge in [0.15, 0.2) is 0 Å². The average Bonchev–Trinajstić information content (AvgIpc) is 3.88. The molecule has 0 fully saturated rings. The van der Waals surface area contributed by atoms with Gasteiger partial charge < -0.3 is 4.42 Å². The van der Waals surface area contributed by atoms with Crippen LogP contribution in [0.15, 0.2) is 150 Å². The maximum atomic E-state index is 6.69. The number of rotatable bonds is 2. The fourth-order valence-electron chi connectivity index (χ4n) is 7.70. The normalized spacial score (nSPS) is 12.1. The third-order valence-corrected chi connectivity index (χ3v) is 10.8. The molecule has 4 aromatic carbocycles. The van der Waals surface area contributed by atoms with Crippen molar-refractivity contribution in [1.82, 2.24) is 19.5 Å². The molecule has 6 heterocycles. The third kappa shape index (κ3) is 3.77. The van der Waals surface area contributed by atoms with Crippen LogP contribution in [0.4, 0.5) is 0 Å². The summed E-state index contributed by atoms with van der Waals surface area (Å²) < 4.78 is 8.94. The fraction of sp³-hybridized carbons (Fsp3) is 0. The molecule has 228 valence electrons. The van der Waals surface area contributed by atoms with Crippen LogP contribution in [0.3, 0.4) is 0 Å². The number of para-hydroxylation sites is 2. The predicted octanol–water partition coefficient (Wildman–Crippen LogP) is 11.6. The molecule has 0 atom stereocenters. The minimum atomic E-state index is 0.853. The molecule has 0 bridgehead atoms. The molecule has 1 aliphatic rings. The minimum Gasteiger partial charge on any atom is -0.455 e. The lowest BCUT2D eigenvalue weighted by Gasteiger charge is -2.20. The van der Waals surface area contributed by atoms with Crippen LogP contribution < -0.4 is 0 Å². The Morgan fingerprint density at radius 1 is 0.510 bits per heavy atom. The highest BCUT2D eigenvalue weighted by Crippen LogP contribution is 2.49. The standard InChI is InChI=1S/C43H24N4OS/c1-2-13-37-28(7-1)34-12-6-21-46-43(34)47(37)26-15-17-38-36(24-26)31-9-3-8-27(41(31)48-38)25-14-16-32-35(23-25)30-11-5-20-45-40(30)39-29(10-4-19-44-39)33-18-22-49-42(32)33/h1-24H.